The van der Waals surface area contributed by atoms with E-state index in [4.69, 9.17) is 9.88 Å². The number of nitrogens with two attached hydrogens (primary N) is 1. The third kappa shape index (κ3) is 5.84. The average molecular weight is 340 g/mol. The van der Waals surface area contributed by atoms with Gasteiger partial charge in [-0.25, -0.2) is 13.6 Å². The van der Waals surface area contributed by atoms with E-state index >= 15 is 0 Å². The van der Waals surface area contributed by atoms with Crippen LogP contribution < -0.4 is 9.88 Å². The van der Waals surface area contributed by atoms with E-state index in [2.05, 4.69) is 0 Å². The third-order valence-electron chi connectivity index (χ3n) is 4.00. The number of likely N-dealkylation sites (tertiary alicyclic amines) is 1. The molecule has 0 unspecified atom stereocenters. The molecule has 1 aliphatic rings. The van der Waals surface area contributed by atoms with Crippen molar-refractivity contribution in [3.05, 3.63) is 29.8 Å². The van der Waals surface area contributed by atoms with Crippen LogP contribution in [0.25, 0.3) is 0 Å². The van der Waals surface area contributed by atoms with Gasteiger partial charge in [-0.1, -0.05) is 18.2 Å². The van der Waals surface area contributed by atoms with Gasteiger partial charge < -0.3 is 9.64 Å². The fourth-order valence-corrected chi connectivity index (χ4v) is 3.22. The molecular weight excluding hydrogens is 316 g/mol. The molecule has 0 saturated carbocycles. The molecule has 0 aliphatic carbocycles. The van der Waals surface area contributed by atoms with E-state index in [0.717, 1.165) is 24.2 Å². The first-order chi connectivity index (χ1) is 10.8. The number of nitrogens with zero attached hydrogens (tertiary/aromatic N) is 1. The monoisotopic (exact) mass is 340 g/mol. The van der Waals surface area contributed by atoms with Crippen LogP contribution in [-0.4, -0.2) is 44.2 Å². The molecule has 1 aliphatic heterocycles. The van der Waals surface area contributed by atoms with Crippen molar-refractivity contribution in [2.45, 2.75) is 38.7 Å². The zero-order valence-corrected chi connectivity index (χ0v) is 14.2. The molecule has 0 aromatic heterocycles. The second kappa shape index (κ2) is 7.79. The first-order valence-electron chi connectivity index (χ1n) is 7.86. The van der Waals surface area contributed by atoms with Crippen LogP contribution in [0.15, 0.2) is 24.3 Å². The van der Waals surface area contributed by atoms with Gasteiger partial charge in [0.2, 0.25) is 15.9 Å². The van der Waals surface area contributed by atoms with Gasteiger partial charge in [0.25, 0.3) is 0 Å². The number of carbonyl (C=O) groups excluding carboxylic acids is 1. The number of hydrogen-bond donors (Lipinski definition) is 1. The maximum absolute atomic E-state index is 12.1. The van der Waals surface area contributed by atoms with Crippen molar-refractivity contribution in [3.63, 3.8) is 0 Å². The summed E-state index contributed by atoms with van der Waals surface area (Å²) >= 11 is 0. The fourth-order valence-electron chi connectivity index (χ4n) is 2.67. The van der Waals surface area contributed by atoms with Crippen molar-refractivity contribution in [2.75, 3.05) is 18.8 Å². The van der Waals surface area contributed by atoms with E-state index in [1.54, 1.807) is 4.90 Å². The highest BCUT2D eigenvalue weighted by atomic mass is 32.2. The van der Waals surface area contributed by atoms with Crippen LogP contribution in [0.1, 0.15) is 31.2 Å². The van der Waals surface area contributed by atoms with Gasteiger partial charge in [0.05, 0.1) is 5.75 Å². The number of primary sulfonamides is 1. The largest absolute Gasteiger partial charge is 0.490 e. The summed E-state index contributed by atoms with van der Waals surface area (Å²) in [5.74, 6) is 0.736. The predicted octanol–water partition coefficient (Wildman–Crippen LogP) is 1.43. The third-order valence-corrected chi connectivity index (χ3v) is 4.86. The number of aryl methyl sites for hydroxylation is 1. The minimum Gasteiger partial charge on any atom is -0.490 e. The van der Waals surface area contributed by atoms with Crippen molar-refractivity contribution in [3.8, 4) is 5.75 Å². The van der Waals surface area contributed by atoms with Crippen molar-refractivity contribution < 1.29 is 17.9 Å². The molecule has 1 amide bonds. The number of piperidine rings is 1. The van der Waals surface area contributed by atoms with Crippen LogP contribution in [-0.2, 0) is 14.8 Å². The van der Waals surface area contributed by atoms with Gasteiger partial charge in [-0.3, -0.25) is 4.79 Å². The van der Waals surface area contributed by atoms with Crippen molar-refractivity contribution in [1.82, 2.24) is 4.90 Å². The Hall–Kier alpha value is -1.60. The Kier molecular flexibility index (Phi) is 6.01. The Morgan fingerprint density at radius 1 is 1.30 bits per heavy atom. The SMILES string of the molecule is Cc1ccccc1OC1CCN(C(=O)CCCS(N)(=O)=O)CC1. The molecule has 1 aromatic rings. The molecule has 128 valence electrons. The smallest absolute Gasteiger partial charge is 0.222 e. The maximum Gasteiger partial charge on any atom is 0.222 e. The maximum atomic E-state index is 12.1. The van der Waals surface area contributed by atoms with E-state index in [0.29, 0.717) is 13.1 Å². The topological polar surface area (TPSA) is 89.7 Å². The Morgan fingerprint density at radius 3 is 2.57 bits per heavy atom. The number of ether oxygens (including phenoxy) is 1. The Balaban J connectivity index is 1.75. The Labute approximate surface area is 137 Å². The quantitative estimate of drug-likeness (QED) is 0.848. The summed E-state index contributed by atoms with van der Waals surface area (Å²) < 4.78 is 27.7. The van der Waals surface area contributed by atoms with Crippen molar-refractivity contribution in [1.29, 1.82) is 0 Å². The van der Waals surface area contributed by atoms with Gasteiger partial charge in [-0.15, -0.1) is 0 Å². The van der Waals surface area contributed by atoms with Crippen LogP contribution in [0.4, 0.5) is 0 Å². The lowest BCUT2D eigenvalue weighted by molar-refractivity contribution is -0.133. The zero-order chi connectivity index (χ0) is 16.9. The summed E-state index contributed by atoms with van der Waals surface area (Å²) in [6, 6.07) is 7.90. The van der Waals surface area contributed by atoms with Gasteiger partial charge >= 0.3 is 0 Å². The van der Waals surface area contributed by atoms with E-state index < -0.39 is 10.0 Å². The summed E-state index contributed by atoms with van der Waals surface area (Å²) in [6.45, 7) is 3.30. The second-order valence-corrected chi connectivity index (χ2v) is 7.67. The first kappa shape index (κ1) is 17.7. The van der Waals surface area contributed by atoms with Gasteiger partial charge in [0, 0.05) is 32.4 Å². The van der Waals surface area contributed by atoms with Crippen LogP contribution in [0.5, 0.6) is 5.75 Å². The van der Waals surface area contributed by atoms with E-state index in [1.165, 1.54) is 0 Å². The van der Waals surface area contributed by atoms with Crippen molar-refractivity contribution >= 4 is 15.9 Å². The second-order valence-electron chi connectivity index (χ2n) is 5.93. The van der Waals surface area contributed by atoms with E-state index in [9.17, 15) is 13.2 Å². The number of rotatable bonds is 6. The standard InChI is InChI=1S/C16H24N2O4S/c1-13-5-2-3-6-15(13)22-14-8-10-18(11-9-14)16(19)7-4-12-23(17,20)21/h2-3,5-6,14H,4,7-12H2,1H3,(H2,17,20,21). The Morgan fingerprint density at radius 2 is 1.96 bits per heavy atom. The van der Waals surface area contributed by atoms with Crippen LogP contribution in [0.3, 0.4) is 0 Å². The van der Waals surface area contributed by atoms with Gasteiger partial charge in [-0.05, 0) is 25.0 Å². The minimum atomic E-state index is -3.49. The molecule has 0 spiro atoms. The molecule has 0 atom stereocenters. The van der Waals surface area contributed by atoms with Crippen LogP contribution >= 0.6 is 0 Å². The number of carbonyl (C=O) groups is 1. The number of benzene rings is 1. The molecule has 1 fully saturated rings. The number of sulfonamides is 1. The van der Waals surface area contributed by atoms with E-state index in [1.807, 2.05) is 31.2 Å². The lowest BCUT2D eigenvalue weighted by Gasteiger charge is -2.32. The molecule has 7 heteroatoms. The fraction of sp³-hybridized carbons (Fsp3) is 0.562. The molecule has 2 rings (SSSR count). The highest BCUT2D eigenvalue weighted by Gasteiger charge is 2.24. The molecule has 23 heavy (non-hydrogen) atoms. The van der Waals surface area contributed by atoms with Gasteiger partial charge in [-0.2, -0.15) is 0 Å². The molecule has 0 radical (unpaired) electrons. The number of hydrogen-bond acceptors (Lipinski definition) is 4. The molecule has 2 N–H and O–H groups in total. The molecule has 0 bridgehead atoms. The highest BCUT2D eigenvalue weighted by Crippen LogP contribution is 2.22. The first-order valence-corrected chi connectivity index (χ1v) is 9.57. The molecule has 1 aromatic carbocycles. The summed E-state index contributed by atoms with van der Waals surface area (Å²) in [4.78, 5) is 13.8. The van der Waals surface area contributed by atoms with E-state index in [-0.39, 0.29) is 30.6 Å². The normalized spacial score (nSPS) is 16.3. The van der Waals surface area contributed by atoms with Gasteiger partial charge in [0.1, 0.15) is 11.9 Å². The molecule has 1 heterocycles. The Bertz CT molecular complexity index is 637. The lowest BCUT2D eigenvalue weighted by Crippen LogP contribution is -2.41. The summed E-state index contributed by atoms with van der Waals surface area (Å²) in [5.41, 5.74) is 1.11. The highest BCUT2D eigenvalue weighted by molar-refractivity contribution is 7.89. The minimum absolute atomic E-state index is 0.0111. The van der Waals surface area contributed by atoms with Crippen molar-refractivity contribution in [2.24, 2.45) is 5.14 Å². The molecule has 1 saturated heterocycles. The zero-order valence-electron chi connectivity index (χ0n) is 13.4. The summed E-state index contributed by atoms with van der Waals surface area (Å²) in [7, 11) is -3.49. The molecule has 6 nitrogen and oxygen atoms in total. The predicted molar refractivity (Wildman–Crippen MR) is 88.6 cm³/mol. The number of amides is 1. The summed E-state index contributed by atoms with van der Waals surface area (Å²) in [5, 5.41) is 4.93. The van der Waals surface area contributed by atoms with Crippen LogP contribution in [0, 0.1) is 6.92 Å². The number of para-hydroxylation sites is 1. The average Bonchev–Trinajstić information content (AvgIpc) is 2.49. The molecular formula is C16H24N2O4S. The summed E-state index contributed by atoms with van der Waals surface area (Å²) in [6.07, 6.45) is 2.19. The lowest BCUT2D eigenvalue weighted by atomic mass is 10.1. The van der Waals surface area contributed by atoms with Gasteiger partial charge in [0.15, 0.2) is 0 Å². The van der Waals surface area contributed by atoms with Crippen LogP contribution in [0.2, 0.25) is 0 Å².